The number of hydrogen-bond donors (Lipinski definition) is 1. The van der Waals surface area contributed by atoms with Gasteiger partial charge < -0.3 is 24.2 Å². The molecule has 162 valence electrons. The number of fused-ring (bicyclic) bond motifs is 1. The van der Waals surface area contributed by atoms with Crippen molar-refractivity contribution in [2.75, 3.05) is 20.3 Å². The van der Waals surface area contributed by atoms with E-state index >= 15 is 0 Å². The molecule has 0 aliphatic carbocycles. The van der Waals surface area contributed by atoms with Gasteiger partial charge in [0.25, 0.3) is 0 Å². The van der Waals surface area contributed by atoms with Gasteiger partial charge >= 0.3 is 12.1 Å². The van der Waals surface area contributed by atoms with Crippen LogP contribution in [0.25, 0.3) is 10.9 Å². The lowest BCUT2D eigenvalue weighted by atomic mass is 9.93. The third kappa shape index (κ3) is 5.08. The summed E-state index contributed by atoms with van der Waals surface area (Å²) in [5.41, 5.74) is 0.0253. The zero-order valence-electron chi connectivity index (χ0n) is 17.6. The van der Waals surface area contributed by atoms with Crippen LogP contribution < -0.4 is 9.47 Å². The fraction of sp³-hybridized carbons (Fsp3) is 0.524. The summed E-state index contributed by atoms with van der Waals surface area (Å²) < 4.78 is 16.7. The van der Waals surface area contributed by atoms with E-state index in [1.165, 1.54) is 11.2 Å². The van der Waals surface area contributed by atoms with Gasteiger partial charge in [-0.3, -0.25) is 4.79 Å². The van der Waals surface area contributed by atoms with Gasteiger partial charge in [0, 0.05) is 6.54 Å². The average Bonchev–Trinajstić information content (AvgIpc) is 2.70. The predicted octanol–water partition coefficient (Wildman–Crippen LogP) is 3.12. The Labute approximate surface area is 175 Å². The molecule has 3 rings (SSSR count). The number of hydrogen-bond acceptors (Lipinski definition) is 7. The first kappa shape index (κ1) is 21.6. The first-order valence-corrected chi connectivity index (χ1v) is 9.82. The number of piperidine rings is 1. The highest BCUT2D eigenvalue weighted by molar-refractivity contribution is 5.84. The van der Waals surface area contributed by atoms with Crippen LogP contribution in [0.5, 0.6) is 11.6 Å². The van der Waals surface area contributed by atoms with Gasteiger partial charge in [-0.05, 0) is 51.8 Å². The molecule has 2 heterocycles. The molecule has 1 saturated heterocycles. The molecular weight excluding hydrogens is 390 g/mol. The van der Waals surface area contributed by atoms with Crippen molar-refractivity contribution >= 4 is 23.0 Å². The van der Waals surface area contributed by atoms with E-state index in [1.54, 1.807) is 40.0 Å². The average molecular weight is 417 g/mol. The number of carbonyl (C=O) groups is 2. The molecule has 1 N–H and O–H groups in total. The van der Waals surface area contributed by atoms with Crippen molar-refractivity contribution in [3.8, 4) is 11.6 Å². The van der Waals surface area contributed by atoms with Gasteiger partial charge in [-0.15, -0.1) is 0 Å². The Morgan fingerprint density at radius 1 is 1.23 bits per heavy atom. The molecule has 1 amide bonds. The standard InChI is InChI=1S/C21H27N3O6/c1-21(2,3)30-20(27)24-10-13(19(25)26)5-6-14(24)11-29-18-16-9-15(28-4)7-8-17(16)22-12-23-18/h7-9,12-14H,5-6,10-11H2,1-4H3,(H,25,26)/t13-,14+/m0/s1. The summed E-state index contributed by atoms with van der Waals surface area (Å²) in [6.07, 6.45) is 1.82. The maximum Gasteiger partial charge on any atom is 0.410 e. The van der Waals surface area contributed by atoms with Crippen LogP contribution in [-0.4, -0.2) is 63.9 Å². The molecule has 1 aliphatic rings. The molecule has 1 aromatic heterocycles. The highest BCUT2D eigenvalue weighted by atomic mass is 16.6. The van der Waals surface area contributed by atoms with E-state index in [2.05, 4.69) is 9.97 Å². The van der Waals surface area contributed by atoms with E-state index in [-0.39, 0.29) is 19.2 Å². The highest BCUT2D eigenvalue weighted by Crippen LogP contribution is 2.28. The first-order chi connectivity index (χ1) is 14.2. The minimum atomic E-state index is -0.920. The molecule has 9 heteroatoms. The number of ether oxygens (including phenoxy) is 3. The fourth-order valence-corrected chi connectivity index (χ4v) is 3.38. The molecule has 0 bridgehead atoms. The van der Waals surface area contributed by atoms with E-state index in [0.717, 1.165) is 0 Å². The number of carboxylic acids is 1. The zero-order valence-corrected chi connectivity index (χ0v) is 17.6. The van der Waals surface area contributed by atoms with Gasteiger partial charge in [-0.2, -0.15) is 0 Å². The maximum atomic E-state index is 12.7. The molecule has 0 spiro atoms. The topological polar surface area (TPSA) is 111 Å². The summed E-state index contributed by atoms with van der Waals surface area (Å²) in [6.45, 7) is 5.56. The largest absolute Gasteiger partial charge is 0.497 e. The lowest BCUT2D eigenvalue weighted by Gasteiger charge is -2.38. The molecule has 30 heavy (non-hydrogen) atoms. The zero-order chi connectivity index (χ0) is 21.9. The summed E-state index contributed by atoms with van der Waals surface area (Å²) in [7, 11) is 1.57. The normalized spacial score (nSPS) is 19.4. The van der Waals surface area contributed by atoms with Crippen LogP contribution in [0, 0.1) is 5.92 Å². The van der Waals surface area contributed by atoms with Gasteiger partial charge in [-0.1, -0.05) is 0 Å². The quantitative estimate of drug-likeness (QED) is 0.790. The smallest absolute Gasteiger partial charge is 0.410 e. The summed E-state index contributed by atoms with van der Waals surface area (Å²) in [4.78, 5) is 34.1. The molecule has 0 saturated carbocycles. The lowest BCUT2D eigenvalue weighted by molar-refractivity contribution is -0.144. The van der Waals surface area contributed by atoms with E-state index in [9.17, 15) is 14.7 Å². The Kier molecular flexibility index (Phi) is 6.28. The van der Waals surface area contributed by atoms with Crippen molar-refractivity contribution < 1.29 is 28.9 Å². The van der Waals surface area contributed by atoms with Crippen LogP contribution in [0.3, 0.4) is 0 Å². The predicted molar refractivity (Wildman–Crippen MR) is 109 cm³/mol. The number of methoxy groups -OCH3 is 1. The Balaban J connectivity index is 1.79. The monoisotopic (exact) mass is 417 g/mol. The number of carbonyl (C=O) groups excluding carboxylic acids is 1. The summed E-state index contributed by atoms with van der Waals surface area (Å²) in [6, 6.07) is 5.08. The van der Waals surface area contributed by atoms with Crippen LogP contribution >= 0.6 is 0 Å². The molecular formula is C21H27N3O6. The van der Waals surface area contributed by atoms with Gasteiger partial charge in [0.05, 0.1) is 30.0 Å². The molecule has 0 radical (unpaired) electrons. The van der Waals surface area contributed by atoms with E-state index in [1.807, 2.05) is 6.07 Å². The number of aromatic nitrogens is 2. The van der Waals surface area contributed by atoms with Crippen LogP contribution in [0.1, 0.15) is 33.6 Å². The van der Waals surface area contributed by atoms with Gasteiger partial charge in [0.2, 0.25) is 5.88 Å². The summed E-state index contributed by atoms with van der Waals surface area (Å²) in [5.74, 6) is -0.516. The fourth-order valence-electron chi connectivity index (χ4n) is 3.38. The van der Waals surface area contributed by atoms with E-state index in [4.69, 9.17) is 14.2 Å². The SMILES string of the molecule is COc1ccc2ncnc(OC[C@H]3CC[C@H](C(=O)O)CN3C(=O)OC(C)(C)C)c2c1. The second kappa shape index (κ2) is 8.73. The molecule has 2 atom stereocenters. The Morgan fingerprint density at radius 3 is 2.67 bits per heavy atom. The number of benzene rings is 1. The second-order valence-electron chi connectivity index (χ2n) is 8.27. The minimum absolute atomic E-state index is 0.0800. The Morgan fingerprint density at radius 2 is 2.00 bits per heavy atom. The number of amides is 1. The van der Waals surface area contributed by atoms with Crippen molar-refractivity contribution in [2.24, 2.45) is 5.92 Å². The molecule has 9 nitrogen and oxygen atoms in total. The molecule has 0 unspecified atom stereocenters. The van der Waals surface area contributed by atoms with Crippen LogP contribution in [0.15, 0.2) is 24.5 Å². The summed E-state index contributed by atoms with van der Waals surface area (Å²) in [5, 5.41) is 10.1. The van der Waals surface area contributed by atoms with Crippen molar-refractivity contribution in [1.82, 2.24) is 14.9 Å². The van der Waals surface area contributed by atoms with Gasteiger partial charge in [-0.25, -0.2) is 14.8 Å². The Bertz CT molecular complexity index is 927. The number of nitrogens with zero attached hydrogens (tertiary/aromatic N) is 3. The van der Waals surface area contributed by atoms with Crippen LogP contribution in [0.2, 0.25) is 0 Å². The first-order valence-electron chi connectivity index (χ1n) is 9.82. The van der Waals surface area contributed by atoms with Crippen molar-refractivity contribution in [1.29, 1.82) is 0 Å². The van der Waals surface area contributed by atoms with Crippen LogP contribution in [0.4, 0.5) is 4.79 Å². The molecule has 1 aliphatic heterocycles. The van der Waals surface area contributed by atoms with E-state index < -0.39 is 23.6 Å². The molecule has 1 fully saturated rings. The highest BCUT2D eigenvalue weighted by Gasteiger charge is 2.37. The lowest BCUT2D eigenvalue weighted by Crippen LogP contribution is -2.52. The van der Waals surface area contributed by atoms with Crippen molar-refractivity contribution in [3.05, 3.63) is 24.5 Å². The number of aliphatic carboxylic acids is 1. The van der Waals surface area contributed by atoms with Crippen molar-refractivity contribution in [3.63, 3.8) is 0 Å². The minimum Gasteiger partial charge on any atom is -0.497 e. The third-order valence-corrected chi connectivity index (χ3v) is 4.90. The second-order valence-corrected chi connectivity index (χ2v) is 8.27. The van der Waals surface area contributed by atoms with Gasteiger partial charge in [0.15, 0.2) is 0 Å². The number of likely N-dealkylation sites (tertiary alicyclic amines) is 1. The Hall–Kier alpha value is -3.10. The van der Waals surface area contributed by atoms with E-state index in [0.29, 0.717) is 35.4 Å². The number of carboxylic acid groups (broad SMARTS) is 1. The van der Waals surface area contributed by atoms with Gasteiger partial charge in [0.1, 0.15) is 24.3 Å². The summed E-state index contributed by atoms with van der Waals surface area (Å²) >= 11 is 0. The molecule has 1 aromatic carbocycles. The number of rotatable bonds is 5. The van der Waals surface area contributed by atoms with Crippen molar-refractivity contribution in [2.45, 2.75) is 45.3 Å². The maximum absolute atomic E-state index is 12.7. The van der Waals surface area contributed by atoms with Crippen LogP contribution in [-0.2, 0) is 9.53 Å². The molecule has 2 aromatic rings. The third-order valence-electron chi connectivity index (χ3n) is 4.90.